The lowest BCUT2D eigenvalue weighted by atomic mass is 9.84. The zero-order valence-corrected chi connectivity index (χ0v) is 21.5. The number of Topliss-reactive ketones (excluding diaryl/α,β-unsaturated/α-hetero) is 1. The lowest BCUT2D eigenvalue weighted by molar-refractivity contribution is -0.118. The van der Waals surface area contributed by atoms with Crippen molar-refractivity contribution in [1.82, 2.24) is 9.65 Å². The number of hydrogen-bond acceptors (Lipinski definition) is 3. The Morgan fingerprint density at radius 1 is 1.05 bits per heavy atom. The highest BCUT2D eigenvalue weighted by atomic mass is 19.1. The van der Waals surface area contributed by atoms with E-state index in [0.717, 1.165) is 37.5 Å². The minimum Gasteiger partial charge on any atom is -0.399 e. The van der Waals surface area contributed by atoms with E-state index in [2.05, 4.69) is 16.2 Å². The number of carbonyl (C=O) groups excluding carboxylic acids is 1. The molecule has 0 unspecified atom stereocenters. The van der Waals surface area contributed by atoms with Gasteiger partial charge in [0.2, 0.25) is 0 Å². The number of ketones is 1. The van der Waals surface area contributed by atoms with Crippen LogP contribution in [0.3, 0.4) is 0 Å². The third-order valence-electron chi connectivity index (χ3n) is 7.33. The highest BCUT2D eigenvalue weighted by Gasteiger charge is 2.32. The molecule has 0 amide bonds. The van der Waals surface area contributed by atoms with Crippen LogP contribution in [0.15, 0.2) is 72.5 Å². The van der Waals surface area contributed by atoms with Crippen LogP contribution in [0.4, 0.5) is 13.2 Å². The highest BCUT2D eigenvalue weighted by molar-refractivity contribution is 6.16. The number of benzene rings is 2. The van der Waals surface area contributed by atoms with Gasteiger partial charge in [0, 0.05) is 52.6 Å². The maximum absolute atomic E-state index is 14.4. The zero-order valence-electron chi connectivity index (χ0n) is 21.5. The molecule has 5 rings (SSSR count). The predicted octanol–water partition coefficient (Wildman–Crippen LogP) is 6.23. The van der Waals surface area contributed by atoms with Crippen LogP contribution in [0.25, 0.3) is 16.8 Å². The summed E-state index contributed by atoms with van der Waals surface area (Å²) in [7, 11) is 0. The smallest absolute Gasteiger partial charge is 0.314 e. The molecule has 1 aliphatic carbocycles. The second kappa shape index (κ2) is 11.3. The number of aromatic nitrogens is 1. The monoisotopic (exact) mass is 528 g/mol. The number of nitrogens with zero attached hydrogens (tertiary/aromatic N) is 2. The van der Waals surface area contributed by atoms with E-state index in [0.29, 0.717) is 22.4 Å². The lowest BCUT2D eigenvalue weighted by Crippen LogP contribution is -2.17. The number of hydrogen-bond donors (Lipinski definition) is 1. The van der Waals surface area contributed by atoms with E-state index in [9.17, 15) is 18.0 Å². The van der Waals surface area contributed by atoms with Gasteiger partial charge in [0.1, 0.15) is 29.7 Å². The van der Waals surface area contributed by atoms with Crippen LogP contribution in [0.1, 0.15) is 61.3 Å². The average Bonchev–Trinajstić information content (AvgIpc) is 3.30. The molecular weight excluding hydrogens is 499 g/mol. The fourth-order valence-electron chi connectivity index (χ4n) is 5.53. The summed E-state index contributed by atoms with van der Waals surface area (Å²) in [5, 5.41) is 0. The van der Waals surface area contributed by atoms with Crippen molar-refractivity contribution in [2.45, 2.75) is 50.9 Å². The topological polar surface area (TPSA) is 70.1 Å². The first-order valence-electron chi connectivity index (χ1n) is 13.1. The van der Waals surface area contributed by atoms with Gasteiger partial charge in [-0.3, -0.25) is 9.78 Å². The molecule has 0 bridgehead atoms. The number of carbonyl (C=O) groups is 1. The van der Waals surface area contributed by atoms with Gasteiger partial charge in [-0.2, -0.15) is 0 Å². The molecule has 1 aliphatic heterocycles. The molecule has 39 heavy (non-hydrogen) atoms. The van der Waals surface area contributed by atoms with Gasteiger partial charge in [-0.05, 0) is 73.6 Å². The lowest BCUT2D eigenvalue weighted by Gasteiger charge is -2.20. The molecule has 2 aliphatic rings. The first-order chi connectivity index (χ1) is 18.8. The van der Waals surface area contributed by atoms with Crippen LogP contribution in [-0.4, -0.2) is 22.7 Å². The summed E-state index contributed by atoms with van der Waals surface area (Å²) in [6, 6.07) is 11.5. The summed E-state index contributed by atoms with van der Waals surface area (Å²) in [5.41, 5.74) is 11.6. The molecule has 1 atom stereocenters. The van der Waals surface area contributed by atoms with Gasteiger partial charge in [-0.1, -0.05) is 23.4 Å². The molecule has 2 N–H and O–H groups in total. The van der Waals surface area contributed by atoms with Crippen molar-refractivity contribution >= 4 is 23.4 Å². The van der Waals surface area contributed by atoms with Gasteiger partial charge in [0.25, 0.3) is 6.21 Å². The Morgan fingerprint density at radius 3 is 2.59 bits per heavy atom. The molecule has 7 heteroatoms. The van der Waals surface area contributed by atoms with Crippen LogP contribution < -0.4 is 10.4 Å². The fraction of sp³-hybridized carbons (Fsp3) is 0.250. The molecular formula is C32H29F3N3O+. The van der Waals surface area contributed by atoms with Crippen LogP contribution >= 0.6 is 0 Å². The van der Waals surface area contributed by atoms with Gasteiger partial charge >= 0.3 is 5.71 Å². The van der Waals surface area contributed by atoms with Crippen LogP contribution in [0.5, 0.6) is 0 Å². The SMILES string of the molecule is C=C(N)c1cc(-c2cccnc2[C@@H](CC(=O)CC2=[N+]=CC3=C2CCCC3)Cc2cc(F)cc(F)c2)ccc1F. The Hall–Kier alpha value is -4.22. The van der Waals surface area contributed by atoms with E-state index in [-0.39, 0.29) is 36.3 Å². The van der Waals surface area contributed by atoms with Crippen molar-refractivity contribution in [2.24, 2.45) is 5.73 Å². The van der Waals surface area contributed by atoms with Crippen LogP contribution in [0, 0.1) is 17.5 Å². The minimum atomic E-state index is -0.687. The van der Waals surface area contributed by atoms with Crippen molar-refractivity contribution in [3.63, 3.8) is 0 Å². The predicted molar refractivity (Wildman–Crippen MR) is 149 cm³/mol. The maximum Gasteiger partial charge on any atom is 0.314 e. The molecule has 0 saturated carbocycles. The van der Waals surface area contributed by atoms with Gasteiger partial charge < -0.3 is 5.73 Å². The Labute approximate surface area is 225 Å². The molecule has 3 aromatic rings. The second-order valence-corrected chi connectivity index (χ2v) is 10.2. The van der Waals surface area contributed by atoms with Crippen molar-refractivity contribution in [1.29, 1.82) is 0 Å². The minimum absolute atomic E-state index is 0.0323. The number of nitrogens with two attached hydrogens (primary N) is 1. The van der Waals surface area contributed by atoms with E-state index in [4.69, 9.17) is 5.73 Å². The Balaban J connectivity index is 1.50. The highest BCUT2D eigenvalue weighted by Crippen LogP contribution is 2.34. The van der Waals surface area contributed by atoms with Gasteiger partial charge in [-0.25, -0.2) is 13.2 Å². The van der Waals surface area contributed by atoms with Crippen molar-refractivity contribution in [3.8, 4) is 11.1 Å². The third kappa shape index (κ3) is 5.94. The van der Waals surface area contributed by atoms with Gasteiger partial charge in [-0.15, -0.1) is 0 Å². The number of allylic oxidation sites excluding steroid dienone is 2. The Bertz CT molecular complexity index is 1550. The first kappa shape index (κ1) is 26.4. The van der Waals surface area contributed by atoms with Crippen molar-refractivity contribution < 1.29 is 18.0 Å². The van der Waals surface area contributed by atoms with E-state index in [1.54, 1.807) is 24.4 Å². The quantitative estimate of drug-likeness (QED) is 0.335. The first-order valence-corrected chi connectivity index (χ1v) is 13.1. The molecule has 198 valence electrons. The summed E-state index contributed by atoms with van der Waals surface area (Å²) >= 11 is 0. The maximum atomic E-state index is 14.4. The third-order valence-corrected chi connectivity index (χ3v) is 7.33. The second-order valence-electron chi connectivity index (χ2n) is 10.2. The van der Waals surface area contributed by atoms with E-state index < -0.39 is 23.4 Å². The molecule has 0 fully saturated rings. The van der Waals surface area contributed by atoms with Gasteiger partial charge in [0.15, 0.2) is 0 Å². The van der Waals surface area contributed by atoms with Crippen molar-refractivity contribution in [3.05, 3.63) is 107 Å². The number of rotatable bonds is 9. The molecule has 0 spiro atoms. The summed E-state index contributed by atoms with van der Waals surface area (Å²) in [6.45, 7) is 3.66. The normalized spacial score (nSPS) is 15.2. The van der Waals surface area contributed by atoms with E-state index in [1.165, 1.54) is 29.3 Å². The van der Waals surface area contributed by atoms with Crippen LogP contribution in [0.2, 0.25) is 0 Å². The fourth-order valence-corrected chi connectivity index (χ4v) is 5.53. The Kier molecular flexibility index (Phi) is 7.62. The number of halogens is 3. The molecule has 2 aromatic carbocycles. The zero-order chi connectivity index (χ0) is 27.5. The molecule has 2 heterocycles. The Morgan fingerprint density at radius 2 is 1.82 bits per heavy atom. The summed E-state index contributed by atoms with van der Waals surface area (Å²) < 4.78 is 47.0. The van der Waals surface area contributed by atoms with Crippen molar-refractivity contribution in [2.75, 3.05) is 0 Å². The summed E-state index contributed by atoms with van der Waals surface area (Å²) in [5.74, 6) is -2.39. The van der Waals surface area contributed by atoms with Gasteiger partial charge in [0.05, 0.1) is 5.69 Å². The molecule has 0 radical (unpaired) electrons. The largest absolute Gasteiger partial charge is 0.399 e. The van der Waals surface area contributed by atoms with E-state index >= 15 is 0 Å². The molecule has 1 aromatic heterocycles. The van der Waals surface area contributed by atoms with E-state index in [1.807, 2.05) is 12.3 Å². The summed E-state index contributed by atoms with van der Waals surface area (Å²) in [4.78, 5) is 18.1. The molecule has 0 saturated heterocycles. The number of pyridine rings is 1. The summed E-state index contributed by atoms with van der Waals surface area (Å²) in [6.07, 6.45) is 8.09. The standard InChI is InChI=1S/C32H29F3N3O/c1-19(36)29-15-21(8-9-30(29)35)28-7-4-10-37-32(28)23(11-20-12-24(33)16-25(34)13-20)14-26(39)17-31-27-6-3-2-5-22(27)18-38-31/h4,7-10,12-13,15-16,18,23H,1-3,5-6,11,14,17,36H2/q+1/t23-/m1/s1. The average molecular weight is 529 g/mol. The molecule has 4 nitrogen and oxygen atoms in total. The van der Waals surface area contributed by atoms with Crippen LogP contribution in [-0.2, 0) is 11.2 Å².